The van der Waals surface area contributed by atoms with E-state index in [0.717, 1.165) is 25.9 Å². The van der Waals surface area contributed by atoms with Crippen molar-refractivity contribution >= 4 is 29.9 Å². The molecule has 1 saturated heterocycles. The number of alkyl halides is 3. The minimum absolute atomic E-state index is 0. The normalized spacial score (nSPS) is 17.1. The smallest absolute Gasteiger partial charge is 0.352 e. The van der Waals surface area contributed by atoms with Gasteiger partial charge in [-0.05, 0) is 18.8 Å². The van der Waals surface area contributed by atoms with Gasteiger partial charge in [0.05, 0.1) is 0 Å². The van der Waals surface area contributed by atoms with Gasteiger partial charge in [-0.15, -0.1) is 24.0 Å². The second-order valence-corrected chi connectivity index (χ2v) is 5.74. The lowest BCUT2D eigenvalue weighted by Gasteiger charge is -2.32. The molecular weight excluding hydrogens is 422 g/mol. The molecule has 1 aromatic rings. The summed E-state index contributed by atoms with van der Waals surface area (Å²) in [6.45, 7) is 4.01. The number of aliphatic imine (C=N–C) groups is 1. The molecule has 0 amide bonds. The van der Waals surface area contributed by atoms with Gasteiger partial charge in [-0.2, -0.15) is 18.3 Å². The molecule has 0 radical (unpaired) electrons. The first-order chi connectivity index (χ1) is 10.3. The quantitative estimate of drug-likeness (QED) is 0.433. The van der Waals surface area contributed by atoms with Crippen LogP contribution in [0.3, 0.4) is 0 Å². The number of guanidine groups is 1. The minimum Gasteiger partial charge on any atom is -0.352 e. The van der Waals surface area contributed by atoms with Crippen LogP contribution in [0, 0.1) is 5.92 Å². The summed E-state index contributed by atoms with van der Waals surface area (Å²) in [5, 5.41) is 6.52. The lowest BCUT2D eigenvalue weighted by Crippen LogP contribution is -2.45. The molecule has 0 unspecified atom stereocenters. The first kappa shape index (κ1) is 20.0. The third-order valence-corrected chi connectivity index (χ3v) is 3.91. The Labute approximate surface area is 151 Å². The summed E-state index contributed by atoms with van der Waals surface area (Å²) in [7, 11) is 3.13. The van der Waals surface area contributed by atoms with Crippen LogP contribution in [0.2, 0.25) is 0 Å². The SMILES string of the molecule is CN=C(NCc1cn(C)nc1C(F)(F)F)N1CCC(C)CC1.I. The van der Waals surface area contributed by atoms with Gasteiger partial charge in [0.15, 0.2) is 11.7 Å². The van der Waals surface area contributed by atoms with Crippen LogP contribution in [0.1, 0.15) is 31.0 Å². The number of hydrogen-bond acceptors (Lipinski definition) is 2. The van der Waals surface area contributed by atoms with E-state index in [1.165, 1.54) is 17.9 Å². The second-order valence-electron chi connectivity index (χ2n) is 5.74. The van der Waals surface area contributed by atoms with Crippen molar-refractivity contribution in [2.24, 2.45) is 18.0 Å². The maximum atomic E-state index is 12.9. The Morgan fingerprint density at radius 1 is 1.39 bits per heavy atom. The molecule has 0 aromatic carbocycles. The Bertz CT molecular complexity index is 533. The van der Waals surface area contributed by atoms with Crippen LogP contribution >= 0.6 is 24.0 Å². The van der Waals surface area contributed by atoms with E-state index in [1.807, 2.05) is 0 Å². The number of nitrogens with zero attached hydrogens (tertiary/aromatic N) is 4. The Morgan fingerprint density at radius 2 is 2.00 bits per heavy atom. The molecule has 0 aliphatic carbocycles. The number of nitrogens with one attached hydrogen (secondary N) is 1. The van der Waals surface area contributed by atoms with Gasteiger partial charge in [-0.25, -0.2) is 0 Å². The predicted molar refractivity (Wildman–Crippen MR) is 93.8 cm³/mol. The Balaban J connectivity index is 0.00000264. The maximum Gasteiger partial charge on any atom is 0.435 e. The third-order valence-electron chi connectivity index (χ3n) is 3.91. The molecule has 0 saturated carbocycles. The van der Waals surface area contributed by atoms with Gasteiger partial charge in [0.2, 0.25) is 0 Å². The van der Waals surface area contributed by atoms with Crippen molar-refractivity contribution in [1.29, 1.82) is 0 Å². The lowest BCUT2D eigenvalue weighted by atomic mass is 10.00. The van der Waals surface area contributed by atoms with E-state index < -0.39 is 11.9 Å². The Hall–Kier alpha value is -1.00. The molecule has 1 aliphatic heterocycles. The minimum atomic E-state index is -4.44. The van der Waals surface area contributed by atoms with Gasteiger partial charge >= 0.3 is 6.18 Å². The summed E-state index contributed by atoms with van der Waals surface area (Å²) in [5.74, 6) is 1.33. The van der Waals surface area contributed by atoms with E-state index in [1.54, 1.807) is 7.05 Å². The zero-order chi connectivity index (χ0) is 16.3. The predicted octanol–water partition coefficient (Wildman–Crippen LogP) is 2.86. The number of likely N-dealkylation sites (tertiary alicyclic amines) is 1. The first-order valence-electron chi connectivity index (χ1n) is 7.36. The highest BCUT2D eigenvalue weighted by Gasteiger charge is 2.36. The molecule has 2 rings (SSSR count). The van der Waals surface area contributed by atoms with Gasteiger partial charge in [0, 0.05) is 45.5 Å². The van der Waals surface area contributed by atoms with Crippen molar-refractivity contribution in [2.75, 3.05) is 20.1 Å². The van der Waals surface area contributed by atoms with E-state index in [0.29, 0.717) is 11.9 Å². The van der Waals surface area contributed by atoms with Gasteiger partial charge in [-0.3, -0.25) is 9.67 Å². The molecule has 0 atom stereocenters. The highest BCUT2D eigenvalue weighted by Crippen LogP contribution is 2.30. The molecule has 1 fully saturated rings. The maximum absolute atomic E-state index is 12.9. The van der Waals surface area contributed by atoms with Crippen LogP contribution < -0.4 is 5.32 Å². The van der Waals surface area contributed by atoms with Crippen molar-refractivity contribution in [3.8, 4) is 0 Å². The van der Waals surface area contributed by atoms with Crippen LogP contribution in [0.15, 0.2) is 11.2 Å². The number of halogens is 4. The van der Waals surface area contributed by atoms with E-state index in [9.17, 15) is 13.2 Å². The molecule has 9 heteroatoms. The molecule has 132 valence electrons. The number of aryl methyl sites for hydroxylation is 1. The molecule has 2 heterocycles. The highest BCUT2D eigenvalue weighted by molar-refractivity contribution is 14.0. The molecule has 23 heavy (non-hydrogen) atoms. The zero-order valence-corrected chi connectivity index (χ0v) is 15.9. The standard InChI is InChI=1S/C14H22F3N5.HI/c1-10-4-6-22(7-5-10)13(18-2)19-8-11-9-21(3)20-12(11)14(15,16)17;/h9-10H,4-8H2,1-3H3,(H,18,19);1H. The van der Waals surface area contributed by atoms with Crippen LogP contribution in [0.4, 0.5) is 13.2 Å². The summed E-state index contributed by atoms with van der Waals surface area (Å²) in [6.07, 6.45) is -0.910. The first-order valence-corrected chi connectivity index (χ1v) is 7.36. The second kappa shape index (κ2) is 8.20. The molecule has 5 nitrogen and oxygen atoms in total. The van der Waals surface area contributed by atoms with Crippen molar-refractivity contribution in [3.05, 3.63) is 17.5 Å². The Morgan fingerprint density at radius 3 is 2.52 bits per heavy atom. The van der Waals surface area contributed by atoms with E-state index in [-0.39, 0.29) is 36.1 Å². The van der Waals surface area contributed by atoms with Gasteiger partial charge < -0.3 is 10.2 Å². The number of rotatable bonds is 2. The van der Waals surface area contributed by atoms with Crippen molar-refractivity contribution in [3.63, 3.8) is 0 Å². The summed E-state index contributed by atoms with van der Waals surface area (Å²) in [5.41, 5.74) is -0.716. The Kier molecular flexibility index (Phi) is 7.15. The van der Waals surface area contributed by atoms with E-state index in [2.05, 4.69) is 27.2 Å². The number of piperidine rings is 1. The fourth-order valence-corrected chi connectivity index (χ4v) is 2.63. The van der Waals surface area contributed by atoms with Gasteiger partial charge in [0.25, 0.3) is 0 Å². The van der Waals surface area contributed by atoms with Gasteiger partial charge in [0.1, 0.15) is 0 Å². The van der Waals surface area contributed by atoms with Crippen molar-refractivity contribution < 1.29 is 13.2 Å². The summed E-state index contributed by atoms with van der Waals surface area (Å²) in [6, 6.07) is 0. The van der Waals surface area contributed by atoms with Gasteiger partial charge in [-0.1, -0.05) is 6.92 Å². The summed E-state index contributed by atoms with van der Waals surface area (Å²) >= 11 is 0. The van der Waals surface area contributed by atoms with Crippen molar-refractivity contribution in [2.45, 2.75) is 32.5 Å². The monoisotopic (exact) mass is 445 g/mol. The molecule has 0 bridgehead atoms. The average Bonchev–Trinajstić information content (AvgIpc) is 2.82. The summed E-state index contributed by atoms with van der Waals surface area (Å²) in [4.78, 5) is 6.26. The fraction of sp³-hybridized carbons (Fsp3) is 0.714. The van der Waals surface area contributed by atoms with Crippen LogP contribution in [-0.2, 0) is 19.8 Å². The molecule has 1 N–H and O–H groups in total. The third kappa shape index (κ3) is 5.25. The number of aromatic nitrogens is 2. The summed E-state index contributed by atoms with van der Waals surface area (Å²) < 4.78 is 40.0. The highest BCUT2D eigenvalue weighted by atomic mass is 127. The zero-order valence-electron chi connectivity index (χ0n) is 13.5. The van der Waals surface area contributed by atoms with Crippen LogP contribution in [0.25, 0.3) is 0 Å². The fourth-order valence-electron chi connectivity index (χ4n) is 2.63. The largest absolute Gasteiger partial charge is 0.435 e. The molecule has 0 spiro atoms. The van der Waals surface area contributed by atoms with E-state index in [4.69, 9.17) is 0 Å². The van der Waals surface area contributed by atoms with Crippen molar-refractivity contribution in [1.82, 2.24) is 20.0 Å². The van der Waals surface area contributed by atoms with E-state index >= 15 is 0 Å². The average molecular weight is 445 g/mol. The van der Waals surface area contributed by atoms with Crippen LogP contribution in [0.5, 0.6) is 0 Å². The number of hydrogen-bond donors (Lipinski definition) is 1. The molecule has 1 aliphatic rings. The topological polar surface area (TPSA) is 45.5 Å². The van der Waals surface area contributed by atoms with Crippen LogP contribution in [-0.4, -0.2) is 40.8 Å². The molecule has 1 aromatic heterocycles. The molecular formula is C14H23F3IN5. The lowest BCUT2D eigenvalue weighted by molar-refractivity contribution is -0.142.